The van der Waals surface area contributed by atoms with Crippen molar-refractivity contribution in [2.45, 2.75) is 13.3 Å². The highest BCUT2D eigenvalue weighted by Gasteiger charge is 2.05. The molecule has 0 unspecified atom stereocenters. The topological polar surface area (TPSA) is 74.2 Å². The van der Waals surface area contributed by atoms with Gasteiger partial charge in [0.15, 0.2) is 5.82 Å². The van der Waals surface area contributed by atoms with Crippen LogP contribution in [-0.4, -0.2) is 4.98 Å². The second-order valence-corrected chi connectivity index (χ2v) is 3.69. The fourth-order valence-electron chi connectivity index (χ4n) is 1.53. The summed E-state index contributed by atoms with van der Waals surface area (Å²) >= 11 is 0. The lowest BCUT2D eigenvalue weighted by atomic mass is 10.1. The molecule has 0 saturated carbocycles. The van der Waals surface area contributed by atoms with Crippen molar-refractivity contribution in [3.63, 3.8) is 0 Å². The highest BCUT2D eigenvalue weighted by Crippen LogP contribution is 2.26. The Morgan fingerprint density at radius 1 is 1.12 bits per heavy atom. The first-order chi connectivity index (χ1) is 8.20. The Bertz CT molecular complexity index is 526. The average Bonchev–Trinajstić information content (AvgIpc) is 2.34. The highest BCUT2D eigenvalue weighted by molar-refractivity contribution is 5.59. The van der Waals surface area contributed by atoms with E-state index in [4.69, 9.17) is 16.2 Å². The average molecular weight is 229 g/mol. The van der Waals surface area contributed by atoms with E-state index in [0.29, 0.717) is 11.6 Å². The molecule has 0 atom stereocenters. The van der Waals surface area contributed by atoms with Gasteiger partial charge in [0.1, 0.15) is 5.75 Å². The number of hydrogen-bond acceptors (Lipinski definition) is 4. The summed E-state index contributed by atoms with van der Waals surface area (Å²) in [6.45, 7) is 2.08. The first-order valence-electron chi connectivity index (χ1n) is 5.48. The predicted octanol–water partition coefficient (Wildman–Crippen LogP) is 2.60. The van der Waals surface area contributed by atoms with Gasteiger partial charge in [0.2, 0.25) is 5.88 Å². The van der Waals surface area contributed by atoms with Gasteiger partial charge in [-0.15, -0.1) is 0 Å². The fraction of sp³-hybridized carbons (Fsp3) is 0.154. The van der Waals surface area contributed by atoms with E-state index in [9.17, 15) is 0 Å². The van der Waals surface area contributed by atoms with E-state index in [1.54, 1.807) is 12.1 Å². The van der Waals surface area contributed by atoms with E-state index in [-0.39, 0.29) is 5.82 Å². The molecule has 0 amide bonds. The number of aryl methyl sites for hydroxylation is 1. The molecule has 17 heavy (non-hydrogen) atoms. The lowest BCUT2D eigenvalue weighted by Crippen LogP contribution is -1.99. The lowest BCUT2D eigenvalue weighted by Gasteiger charge is -2.09. The molecular weight excluding hydrogens is 214 g/mol. The van der Waals surface area contributed by atoms with Crippen molar-refractivity contribution in [3.8, 4) is 11.6 Å². The van der Waals surface area contributed by atoms with Crippen LogP contribution < -0.4 is 16.2 Å². The lowest BCUT2D eigenvalue weighted by molar-refractivity contribution is 0.458. The molecule has 0 aliphatic heterocycles. The summed E-state index contributed by atoms with van der Waals surface area (Å²) in [5, 5.41) is 0. The monoisotopic (exact) mass is 229 g/mol. The molecule has 1 heterocycles. The maximum absolute atomic E-state index is 5.69. The Morgan fingerprint density at radius 2 is 1.88 bits per heavy atom. The van der Waals surface area contributed by atoms with E-state index < -0.39 is 0 Å². The summed E-state index contributed by atoms with van der Waals surface area (Å²) < 4.78 is 5.69. The van der Waals surface area contributed by atoms with Crippen LogP contribution in [0.1, 0.15) is 12.5 Å². The van der Waals surface area contributed by atoms with Gasteiger partial charge in [-0.1, -0.05) is 25.1 Å². The number of anilines is 2. The van der Waals surface area contributed by atoms with Crippen LogP contribution in [0, 0.1) is 0 Å². The Labute approximate surface area is 100 Å². The van der Waals surface area contributed by atoms with Gasteiger partial charge in [-0.3, -0.25) is 0 Å². The molecule has 0 aliphatic carbocycles. The molecule has 1 aromatic heterocycles. The molecule has 1 aromatic carbocycles. The molecule has 0 fully saturated rings. The number of benzene rings is 1. The molecule has 0 bridgehead atoms. The minimum atomic E-state index is 0.288. The molecule has 88 valence electrons. The van der Waals surface area contributed by atoms with Crippen molar-refractivity contribution in [3.05, 3.63) is 42.0 Å². The van der Waals surface area contributed by atoms with Crippen LogP contribution in [0.2, 0.25) is 0 Å². The number of hydrogen-bond donors (Lipinski definition) is 2. The zero-order valence-electron chi connectivity index (χ0n) is 9.68. The van der Waals surface area contributed by atoms with Crippen LogP contribution in [0.5, 0.6) is 11.6 Å². The Hall–Kier alpha value is -2.23. The van der Waals surface area contributed by atoms with Crippen molar-refractivity contribution in [1.82, 2.24) is 4.98 Å². The van der Waals surface area contributed by atoms with Crippen molar-refractivity contribution < 1.29 is 4.74 Å². The van der Waals surface area contributed by atoms with Crippen molar-refractivity contribution in [2.75, 3.05) is 11.5 Å². The zero-order chi connectivity index (χ0) is 12.3. The number of aromatic nitrogens is 1. The molecule has 2 rings (SSSR count). The zero-order valence-corrected chi connectivity index (χ0v) is 9.68. The second-order valence-electron chi connectivity index (χ2n) is 3.69. The van der Waals surface area contributed by atoms with Crippen LogP contribution >= 0.6 is 0 Å². The van der Waals surface area contributed by atoms with E-state index in [1.807, 2.05) is 24.3 Å². The van der Waals surface area contributed by atoms with Gasteiger partial charge in [-0.05, 0) is 24.1 Å². The third-order valence-electron chi connectivity index (χ3n) is 2.50. The summed E-state index contributed by atoms with van der Waals surface area (Å²) in [7, 11) is 0. The van der Waals surface area contributed by atoms with Gasteiger partial charge in [-0.2, -0.15) is 4.98 Å². The highest BCUT2D eigenvalue weighted by atomic mass is 16.5. The number of ether oxygens (including phenoxy) is 1. The maximum Gasteiger partial charge on any atom is 0.221 e. The fourth-order valence-corrected chi connectivity index (χ4v) is 1.53. The standard InChI is InChI=1S/C13H15N3O/c1-2-9-5-3-4-6-11(9)17-12-8-7-10(14)13(15)16-12/h3-8H,2,14H2,1H3,(H2,15,16). The van der Waals surface area contributed by atoms with Crippen molar-refractivity contribution in [1.29, 1.82) is 0 Å². The quantitative estimate of drug-likeness (QED) is 0.848. The van der Waals surface area contributed by atoms with Crippen LogP contribution in [0.15, 0.2) is 36.4 Å². The van der Waals surface area contributed by atoms with Gasteiger partial charge >= 0.3 is 0 Å². The molecule has 4 heteroatoms. The normalized spacial score (nSPS) is 10.2. The second kappa shape index (κ2) is 4.74. The number of pyridine rings is 1. The summed E-state index contributed by atoms with van der Waals surface area (Å²) in [6, 6.07) is 11.2. The van der Waals surface area contributed by atoms with Crippen LogP contribution in [0.4, 0.5) is 11.5 Å². The molecule has 0 spiro atoms. The predicted molar refractivity (Wildman–Crippen MR) is 69.0 cm³/mol. The molecule has 0 saturated heterocycles. The Kier molecular flexibility index (Phi) is 3.14. The number of rotatable bonds is 3. The Morgan fingerprint density at radius 3 is 2.59 bits per heavy atom. The number of nitrogen functional groups attached to an aromatic ring is 2. The maximum atomic E-state index is 5.69. The molecule has 0 aliphatic rings. The number of nitrogens with zero attached hydrogens (tertiary/aromatic N) is 1. The van der Waals surface area contributed by atoms with Gasteiger partial charge in [0.05, 0.1) is 5.69 Å². The SMILES string of the molecule is CCc1ccccc1Oc1ccc(N)c(N)n1. The molecule has 4 nitrogen and oxygen atoms in total. The van der Waals surface area contributed by atoms with E-state index in [2.05, 4.69) is 11.9 Å². The van der Waals surface area contributed by atoms with E-state index >= 15 is 0 Å². The minimum Gasteiger partial charge on any atom is -0.439 e. The third-order valence-corrected chi connectivity index (χ3v) is 2.50. The van der Waals surface area contributed by atoms with E-state index in [1.165, 1.54) is 0 Å². The summed E-state index contributed by atoms with van der Waals surface area (Å²) in [5.74, 6) is 1.54. The van der Waals surface area contributed by atoms with Crippen molar-refractivity contribution >= 4 is 11.5 Å². The van der Waals surface area contributed by atoms with Gasteiger partial charge in [0.25, 0.3) is 0 Å². The first-order valence-corrected chi connectivity index (χ1v) is 5.48. The first kappa shape index (κ1) is 11.3. The van der Waals surface area contributed by atoms with E-state index in [0.717, 1.165) is 17.7 Å². The van der Waals surface area contributed by atoms with Crippen LogP contribution in [-0.2, 0) is 6.42 Å². The Balaban J connectivity index is 2.28. The minimum absolute atomic E-state index is 0.288. The summed E-state index contributed by atoms with van der Waals surface area (Å²) in [5.41, 5.74) is 12.8. The number of nitrogens with two attached hydrogens (primary N) is 2. The molecule has 0 radical (unpaired) electrons. The van der Waals surface area contributed by atoms with Gasteiger partial charge in [-0.25, -0.2) is 0 Å². The van der Waals surface area contributed by atoms with Gasteiger partial charge in [0, 0.05) is 6.07 Å². The largest absolute Gasteiger partial charge is 0.439 e. The third kappa shape index (κ3) is 2.47. The van der Waals surface area contributed by atoms with Crippen LogP contribution in [0.25, 0.3) is 0 Å². The summed E-state index contributed by atoms with van der Waals surface area (Å²) in [6.07, 6.45) is 0.903. The molecular formula is C13H15N3O. The number of para-hydroxylation sites is 1. The van der Waals surface area contributed by atoms with Gasteiger partial charge < -0.3 is 16.2 Å². The molecule has 4 N–H and O–H groups in total. The summed E-state index contributed by atoms with van der Waals surface area (Å²) in [4.78, 5) is 4.07. The van der Waals surface area contributed by atoms with Crippen LogP contribution in [0.3, 0.4) is 0 Å². The molecule has 2 aromatic rings. The smallest absolute Gasteiger partial charge is 0.221 e. The van der Waals surface area contributed by atoms with Crippen molar-refractivity contribution in [2.24, 2.45) is 0 Å².